The van der Waals surface area contributed by atoms with Crippen molar-refractivity contribution in [2.45, 2.75) is 70.9 Å². The molecule has 238 valence electrons. The van der Waals surface area contributed by atoms with Crippen LogP contribution in [0.2, 0.25) is 0 Å². The van der Waals surface area contributed by atoms with Crippen LogP contribution in [0, 0.1) is 11.8 Å². The number of carbonyl (C=O) groups excluding carboxylic acids is 3. The van der Waals surface area contributed by atoms with Crippen LogP contribution in [-0.4, -0.2) is 70.2 Å². The predicted octanol–water partition coefficient (Wildman–Crippen LogP) is 4.42. The van der Waals surface area contributed by atoms with Crippen LogP contribution >= 0.6 is 0 Å². The van der Waals surface area contributed by atoms with Gasteiger partial charge in [0.1, 0.15) is 11.6 Å². The van der Waals surface area contributed by atoms with Gasteiger partial charge in [0.2, 0.25) is 0 Å². The van der Waals surface area contributed by atoms with Gasteiger partial charge in [0.05, 0.1) is 11.7 Å². The molecule has 0 spiro atoms. The number of hydrogen-bond acceptors (Lipinski definition) is 7. The van der Waals surface area contributed by atoms with E-state index in [1.54, 1.807) is 58.2 Å². The molecule has 2 aromatic carbocycles. The number of benzene rings is 2. The molecule has 45 heavy (non-hydrogen) atoms. The summed E-state index contributed by atoms with van der Waals surface area (Å²) in [4.78, 5) is 46.1. The maximum Gasteiger partial charge on any atom is 0.410 e. The van der Waals surface area contributed by atoms with Gasteiger partial charge in [-0.1, -0.05) is 24.0 Å². The van der Waals surface area contributed by atoms with E-state index >= 15 is 0 Å². The molecule has 1 aromatic heterocycles. The zero-order valence-corrected chi connectivity index (χ0v) is 26.6. The molecule has 3 atom stereocenters. The highest BCUT2D eigenvalue weighted by atomic mass is 16.8. The molecular weight excluding hydrogens is 574 g/mol. The van der Waals surface area contributed by atoms with Crippen molar-refractivity contribution in [3.63, 3.8) is 0 Å². The van der Waals surface area contributed by atoms with E-state index in [4.69, 9.17) is 14.3 Å². The van der Waals surface area contributed by atoms with Crippen molar-refractivity contribution < 1.29 is 28.7 Å². The van der Waals surface area contributed by atoms with Gasteiger partial charge in [0, 0.05) is 50.0 Å². The summed E-state index contributed by atoms with van der Waals surface area (Å²) in [7, 11) is 3.41. The molecule has 3 aromatic rings. The Morgan fingerprint density at radius 2 is 1.67 bits per heavy atom. The number of ether oxygens (including phenoxy) is 2. The first-order chi connectivity index (χ1) is 21.4. The summed E-state index contributed by atoms with van der Waals surface area (Å²) < 4.78 is 12.8. The van der Waals surface area contributed by atoms with E-state index in [-0.39, 0.29) is 0 Å². The van der Waals surface area contributed by atoms with E-state index in [9.17, 15) is 14.4 Å². The number of nitrogens with one attached hydrogen (secondary N) is 2. The van der Waals surface area contributed by atoms with Gasteiger partial charge in [0.15, 0.2) is 6.29 Å². The van der Waals surface area contributed by atoms with Crippen molar-refractivity contribution in [3.05, 3.63) is 77.5 Å². The zero-order valence-electron chi connectivity index (χ0n) is 26.6. The normalized spacial score (nSPS) is 16.0. The molecule has 0 saturated carbocycles. The summed E-state index contributed by atoms with van der Waals surface area (Å²) >= 11 is 0. The number of aromatic nitrogens is 2. The number of hydrogen-bond donors (Lipinski definition) is 2. The summed E-state index contributed by atoms with van der Waals surface area (Å²) in [6.07, 6.45) is 3.02. The van der Waals surface area contributed by atoms with Gasteiger partial charge in [-0.15, -0.1) is 0 Å². The minimum absolute atomic E-state index is 0.322. The van der Waals surface area contributed by atoms with Crippen molar-refractivity contribution in [1.82, 2.24) is 25.5 Å². The molecule has 11 heteroatoms. The van der Waals surface area contributed by atoms with E-state index in [0.29, 0.717) is 18.6 Å². The van der Waals surface area contributed by atoms with Crippen LogP contribution in [0.4, 0.5) is 4.79 Å². The number of amides is 3. The molecular formula is C34H41N5O6. The quantitative estimate of drug-likeness (QED) is 0.284. The van der Waals surface area contributed by atoms with Gasteiger partial charge in [-0.3, -0.25) is 14.3 Å². The largest absolute Gasteiger partial charge is 0.444 e. The molecule has 2 N–H and O–H groups in total. The molecule has 2 heterocycles. The van der Waals surface area contributed by atoms with Crippen LogP contribution in [0.5, 0.6) is 0 Å². The summed E-state index contributed by atoms with van der Waals surface area (Å²) in [6, 6.07) is 14.6. The summed E-state index contributed by atoms with van der Waals surface area (Å²) in [6.45, 7) is 7.44. The Hall–Kier alpha value is -4.66. The van der Waals surface area contributed by atoms with Crippen molar-refractivity contribution in [1.29, 1.82) is 0 Å². The lowest BCUT2D eigenvalue weighted by atomic mass is 10.1. The second-order valence-corrected chi connectivity index (χ2v) is 11.9. The Balaban J connectivity index is 1.43. The highest BCUT2D eigenvalue weighted by Crippen LogP contribution is 2.19. The van der Waals surface area contributed by atoms with Gasteiger partial charge in [0.25, 0.3) is 11.8 Å². The molecule has 4 rings (SSSR count). The molecule has 0 radical (unpaired) electrons. The number of hydroxylamine groups is 1. The minimum Gasteiger partial charge on any atom is -0.444 e. The van der Waals surface area contributed by atoms with Gasteiger partial charge < -0.3 is 19.7 Å². The fourth-order valence-electron chi connectivity index (χ4n) is 4.58. The third-order valence-corrected chi connectivity index (χ3v) is 7.27. The van der Waals surface area contributed by atoms with Crippen molar-refractivity contribution in [2.24, 2.45) is 7.05 Å². The van der Waals surface area contributed by atoms with Crippen LogP contribution in [-0.2, 0) is 26.2 Å². The second kappa shape index (κ2) is 14.9. The van der Waals surface area contributed by atoms with Crippen LogP contribution in [0.15, 0.2) is 60.8 Å². The molecule has 0 bridgehead atoms. The minimum atomic E-state index is -1.16. The van der Waals surface area contributed by atoms with Crippen molar-refractivity contribution >= 4 is 17.9 Å². The van der Waals surface area contributed by atoms with Crippen LogP contribution < -0.4 is 10.8 Å². The van der Waals surface area contributed by atoms with E-state index in [1.165, 1.54) is 11.9 Å². The molecule has 3 amide bonds. The average molecular weight is 616 g/mol. The van der Waals surface area contributed by atoms with Crippen LogP contribution in [0.25, 0.3) is 11.3 Å². The van der Waals surface area contributed by atoms with Crippen molar-refractivity contribution in [2.75, 3.05) is 13.7 Å². The first kappa shape index (κ1) is 33.2. The second-order valence-electron chi connectivity index (χ2n) is 11.9. The maximum absolute atomic E-state index is 13.3. The zero-order chi connectivity index (χ0) is 32.6. The Morgan fingerprint density at radius 3 is 2.22 bits per heavy atom. The third-order valence-electron chi connectivity index (χ3n) is 7.27. The first-order valence-corrected chi connectivity index (χ1v) is 15.0. The van der Waals surface area contributed by atoms with Crippen molar-refractivity contribution in [3.8, 4) is 23.1 Å². The van der Waals surface area contributed by atoms with Crippen LogP contribution in [0.1, 0.15) is 68.4 Å². The smallest absolute Gasteiger partial charge is 0.410 e. The predicted molar refractivity (Wildman–Crippen MR) is 169 cm³/mol. The Bertz CT molecular complexity index is 1530. The Labute approximate surface area is 264 Å². The van der Waals surface area contributed by atoms with Gasteiger partial charge in [-0.05, 0) is 88.6 Å². The summed E-state index contributed by atoms with van der Waals surface area (Å²) in [5.41, 5.74) is 5.62. The lowest BCUT2D eigenvalue weighted by molar-refractivity contribution is -0.201. The van der Waals surface area contributed by atoms with Gasteiger partial charge in [-0.25, -0.2) is 15.1 Å². The lowest BCUT2D eigenvalue weighted by Crippen LogP contribution is -2.58. The summed E-state index contributed by atoms with van der Waals surface area (Å²) in [5.74, 6) is 5.12. The molecule has 1 saturated heterocycles. The Morgan fingerprint density at radius 1 is 1.02 bits per heavy atom. The fourth-order valence-corrected chi connectivity index (χ4v) is 4.58. The molecule has 11 nitrogen and oxygen atoms in total. The number of nitrogens with zero attached hydrogens (tertiary/aromatic N) is 3. The number of rotatable bonds is 8. The standard InChI is InChI=1S/C34H41N5O6/c1-23(38(5)33(42)44-34(2,3)4)30(32(41)37-45-29-9-7-8-22-43-29)36-31(40)27-18-14-25(15-19-27)11-10-24-12-16-26(17-13-24)28-20-21-35-39(28)6/h12-21,23,29-30H,7-9,22H2,1-6H3,(H,36,40)(H,37,41)/t23?,29?,30-/m0/s1. The average Bonchev–Trinajstić information content (AvgIpc) is 3.46. The molecule has 1 aliphatic heterocycles. The van der Waals surface area contributed by atoms with Gasteiger partial charge in [-0.2, -0.15) is 5.10 Å². The van der Waals surface area contributed by atoms with E-state index in [0.717, 1.165) is 35.2 Å². The highest BCUT2D eigenvalue weighted by Gasteiger charge is 2.34. The number of aryl methyl sites for hydroxylation is 1. The monoisotopic (exact) mass is 615 g/mol. The van der Waals surface area contributed by atoms with Crippen LogP contribution in [0.3, 0.4) is 0 Å². The van der Waals surface area contributed by atoms with E-state index < -0.39 is 41.9 Å². The van der Waals surface area contributed by atoms with E-state index in [2.05, 4.69) is 27.7 Å². The molecule has 2 unspecified atom stereocenters. The SMILES string of the molecule is CC([C@H](NC(=O)c1ccc(C#Cc2ccc(-c3ccnn3C)cc2)cc1)C(=O)NOC1CCCCO1)N(C)C(=O)OC(C)(C)C. The molecule has 1 aliphatic rings. The highest BCUT2D eigenvalue weighted by molar-refractivity contribution is 5.97. The van der Waals surface area contributed by atoms with E-state index in [1.807, 2.05) is 42.1 Å². The number of likely N-dealkylation sites (N-methyl/N-ethyl adjacent to an activating group) is 1. The van der Waals surface area contributed by atoms with Gasteiger partial charge >= 0.3 is 6.09 Å². The topological polar surface area (TPSA) is 124 Å². The number of carbonyl (C=O) groups is 3. The first-order valence-electron chi connectivity index (χ1n) is 15.0. The third kappa shape index (κ3) is 9.41. The molecule has 0 aliphatic carbocycles. The maximum atomic E-state index is 13.3. The Kier molecular flexibility index (Phi) is 11.0. The fraction of sp³-hybridized carbons (Fsp3) is 0.412. The summed E-state index contributed by atoms with van der Waals surface area (Å²) in [5, 5.41) is 6.96. The lowest BCUT2D eigenvalue weighted by Gasteiger charge is -2.33. The molecule has 1 fully saturated rings.